The number of nitrogens with one attached hydrogen (secondary N) is 4. The Labute approximate surface area is 207 Å². The third-order valence-electron chi connectivity index (χ3n) is 7.80. The molecule has 0 spiro atoms. The lowest BCUT2D eigenvalue weighted by Gasteiger charge is -2.55. The van der Waals surface area contributed by atoms with Crippen LogP contribution in [0.1, 0.15) is 45.4 Å². The Bertz CT molecular complexity index is 1020. The molecule has 35 heavy (non-hydrogen) atoms. The molecule has 0 atom stereocenters. The summed E-state index contributed by atoms with van der Waals surface area (Å²) in [7, 11) is 0. The maximum absolute atomic E-state index is 13.2. The second-order valence-electron chi connectivity index (χ2n) is 10.6. The maximum atomic E-state index is 13.2. The van der Waals surface area contributed by atoms with Gasteiger partial charge in [-0.05, 0) is 56.3 Å². The fourth-order valence-corrected chi connectivity index (χ4v) is 6.72. The van der Waals surface area contributed by atoms with E-state index in [1.165, 1.54) is 26.2 Å². The van der Waals surface area contributed by atoms with Gasteiger partial charge in [-0.25, -0.2) is 9.97 Å². The first-order chi connectivity index (χ1) is 17.0. The van der Waals surface area contributed by atoms with Gasteiger partial charge >= 0.3 is 0 Å². The van der Waals surface area contributed by atoms with Gasteiger partial charge in [0.1, 0.15) is 11.6 Å². The first-order valence-electron chi connectivity index (χ1n) is 12.9. The zero-order valence-electron chi connectivity index (χ0n) is 20.5. The molecule has 1 aromatic heterocycles. The lowest BCUT2D eigenvalue weighted by molar-refractivity contribution is -0.146. The molecule has 0 radical (unpaired) electrons. The van der Waals surface area contributed by atoms with Crippen LogP contribution < -0.4 is 21.3 Å². The van der Waals surface area contributed by atoms with Crippen LogP contribution in [0.5, 0.6) is 0 Å². The smallest absolute Gasteiger partial charge is 0.226 e. The summed E-state index contributed by atoms with van der Waals surface area (Å²) in [6.07, 6.45) is 7.26. The molecule has 0 saturated heterocycles. The molecule has 4 fully saturated rings. The summed E-state index contributed by atoms with van der Waals surface area (Å²) in [6.45, 7) is 3.73. The van der Waals surface area contributed by atoms with Gasteiger partial charge in [0.2, 0.25) is 11.8 Å². The largest absolute Gasteiger partial charge is 0.368 e. The Morgan fingerprint density at radius 1 is 0.829 bits per heavy atom. The topological polar surface area (TPSA) is 108 Å². The minimum absolute atomic E-state index is 0.0580. The number of benzene rings is 1. The van der Waals surface area contributed by atoms with Gasteiger partial charge in [-0.2, -0.15) is 0 Å². The van der Waals surface area contributed by atoms with Crippen LogP contribution in [0.25, 0.3) is 11.4 Å². The van der Waals surface area contributed by atoms with Crippen molar-refractivity contribution in [3.8, 4) is 11.4 Å². The molecule has 4 bridgehead atoms. The van der Waals surface area contributed by atoms with E-state index in [1.54, 1.807) is 0 Å². The van der Waals surface area contributed by atoms with Crippen molar-refractivity contribution in [1.29, 1.82) is 0 Å². The first-order valence-corrected chi connectivity index (χ1v) is 12.9. The second-order valence-corrected chi connectivity index (χ2v) is 10.6. The summed E-state index contributed by atoms with van der Waals surface area (Å²) >= 11 is 0. The molecule has 4 N–H and O–H groups in total. The van der Waals surface area contributed by atoms with Crippen LogP contribution in [0.2, 0.25) is 0 Å². The molecule has 4 saturated carbocycles. The number of hydrogen-bond acceptors (Lipinski definition) is 6. The van der Waals surface area contributed by atoms with Crippen LogP contribution in [-0.4, -0.2) is 48.0 Å². The zero-order chi connectivity index (χ0) is 24.3. The second kappa shape index (κ2) is 10.2. The van der Waals surface area contributed by atoms with E-state index in [0.29, 0.717) is 43.6 Å². The molecule has 8 heteroatoms. The van der Waals surface area contributed by atoms with Crippen molar-refractivity contribution in [2.75, 3.05) is 36.8 Å². The molecule has 186 valence electrons. The van der Waals surface area contributed by atoms with E-state index < -0.39 is 0 Å². The third kappa shape index (κ3) is 5.57. The molecule has 4 aliphatic carbocycles. The lowest BCUT2D eigenvalue weighted by atomic mass is 9.49. The molecule has 0 unspecified atom stereocenters. The van der Waals surface area contributed by atoms with E-state index in [9.17, 15) is 9.59 Å². The van der Waals surface area contributed by atoms with Crippen molar-refractivity contribution in [3.05, 3.63) is 36.4 Å². The molecular weight excluding hydrogens is 440 g/mol. The minimum atomic E-state index is -0.116. The van der Waals surface area contributed by atoms with Crippen molar-refractivity contribution in [2.24, 2.45) is 23.2 Å². The average molecular weight is 477 g/mol. The van der Waals surface area contributed by atoms with Gasteiger partial charge in [0.05, 0.1) is 0 Å². The van der Waals surface area contributed by atoms with Crippen LogP contribution in [0.3, 0.4) is 0 Å². The molecule has 4 aliphatic rings. The normalized spacial score (nSPS) is 26.3. The lowest BCUT2D eigenvalue weighted by Crippen LogP contribution is -2.54. The van der Waals surface area contributed by atoms with Gasteiger partial charge in [0, 0.05) is 50.1 Å². The predicted molar refractivity (Wildman–Crippen MR) is 137 cm³/mol. The molecule has 2 amide bonds. The Morgan fingerprint density at radius 2 is 1.37 bits per heavy atom. The van der Waals surface area contributed by atoms with Crippen LogP contribution in [0, 0.1) is 23.2 Å². The number of aromatic nitrogens is 2. The summed E-state index contributed by atoms with van der Waals surface area (Å²) in [4.78, 5) is 33.6. The van der Waals surface area contributed by atoms with Gasteiger partial charge in [-0.3, -0.25) is 9.59 Å². The molecule has 2 aromatic rings. The zero-order valence-corrected chi connectivity index (χ0v) is 20.5. The minimum Gasteiger partial charge on any atom is -0.368 e. The van der Waals surface area contributed by atoms with Crippen molar-refractivity contribution in [2.45, 2.75) is 45.4 Å². The van der Waals surface area contributed by atoms with Crippen molar-refractivity contribution < 1.29 is 9.59 Å². The van der Waals surface area contributed by atoms with Crippen molar-refractivity contribution in [1.82, 2.24) is 20.6 Å². The van der Waals surface area contributed by atoms with E-state index in [0.717, 1.165) is 42.6 Å². The number of rotatable bonds is 10. The predicted octanol–water partition coefficient (Wildman–Crippen LogP) is 3.44. The molecule has 1 aromatic carbocycles. The summed E-state index contributed by atoms with van der Waals surface area (Å²) in [5, 5.41) is 12.6. The number of anilines is 2. The Balaban J connectivity index is 1.18. The van der Waals surface area contributed by atoms with Crippen LogP contribution in [0.15, 0.2) is 36.4 Å². The molecule has 6 rings (SSSR count). The molecule has 0 aliphatic heterocycles. The van der Waals surface area contributed by atoms with Gasteiger partial charge in [0.15, 0.2) is 5.82 Å². The Kier molecular flexibility index (Phi) is 6.88. The SMILES string of the molecule is CC(=O)NCCNc1cc(NCCNC(=O)C23CC4CC(CC(C4)C2)C3)nc(-c2ccccc2)n1. The maximum Gasteiger partial charge on any atom is 0.226 e. The van der Waals surface area contributed by atoms with E-state index in [-0.39, 0.29) is 17.2 Å². The van der Waals surface area contributed by atoms with E-state index >= 15 is 0 Å². The number of nitrogens with zero attached hydrogens (tertiary/aromatic N) is 2. The van der Waals surface area contributed by atoms with Crippen LogP contribution in [0.4, 0.5) is 11.6 Å². The summed E-state index contributed by atoms with van der Waals surface area (Å²) in [6, 6.07) is 11.7. The number of carbonyl (C=O) groups excluding carboxylic acids is 2. The van der Waals surface area contributed by atoms with Crippen LogP contribution >= 0.6 is 0 Å². The fraction of sp³-hybridized carbons (Fsp3) is 0.556. The van der Waals surface area contributed by atoms with Crippen molar-refractivity contribution >= 4 is 23.5 Å². The van der Waals surface area contributed by atoms with Crippen LogP contribution in [-0.2, 0) is 9.59 Å². The highest BCUT2D eigenvalue weighted by Crippen LogP contribution is 2.60. The monoisotopic (exact) mass is 476 g/mol. The Morgan fingerprint density at radius 3 is 1.91 bits per heavy atom. The Hall–Kier alpha value is -3.16. The standard InChI is InChI=1S/C27H36N6O2/c1-18(34)28-7-8-29-23-14-24(33-25(32-23)22-5-3-2-4-6-22)30-9-10-31-26(35)27-15-19-11-20(16-27)13-21(12-19)17-27/h2-6,14,19-21H,7-13,15-17H2,1H3,(H,28,34)(H,31,35)(H2,29,30,32,33). The number of carbonyl (C=O) groups is 2. The third-order valence-corrected chi connectivity index (χ3v) is 7.80. The summed E-state index contributed by atoms with van der Waals surface area (Å²) < 4.78 is 0. The van der Waals surface area contributed by atoms with E-state index in [4.69, 9.17) is 0 Å². The van der Waals surface area contributed by atoms with Crippen molar-refractivity contribution in [3.63, 3.8) is 0 Å². The highest BCUT2D eigenvalue weighted by Gasteiger charge is 2.54. The van der Waals surface area contributed by atoms with Gasteiger partial charge < -0.3 is 21.3 Å². The average Bonchev–Trinajstić information content (AvgIpc) is 2.84. The number of amides is 2. The number of hydrogen-bond donors (Lipinski definition) is 4. The fourth-order valence-electron chi connectivity index (χ4n) is 6.72. The van der Waals surface area contributed by atoms with E-state index in [2.05, 4.69) is 31.2 Å². The summed E-state index contributed by atoms with van der Waals surface area (Å²) in [5.41, 5.74) is 0.811. The molecular formula is C27H36N6O2. The van der Waals surface area contributed by atoms with Gasteiger partial charge in [-0.15, -0.1) is 0 Å². The first kappa shape index (κ1) is 23.6. The highest BCUT2D eigenvalue weighted by molar-refractivity contribution is 5.83. The highest BCUT2D eigenvalue weighted by atomic mass is 16.2. The molecule has 1 heterocycles. The van der Waals surface area contributed by atoms with E-state index in [1.807, 2.05) is 36.4 Å². The van der Waals surface area contributed by atoms with Gasteiger partial charge in [0.25, 0.3) is 0 Å². The quantitative estimate of drug-likeness (QED) is 0.391. The van der Waals surface area contributed by atoms with Gasteiger partial charge in [-0.1, -0.05) is 30.3 Å². The molecule has 8 nitrogen and oxygen atoms in total. The summed E-state index contributed by atoms with van der Waals surface area (Å²) in [5.74, 6) is 4.49.